The van der Waals surface area contributed by atoms with Crippen molar-refractivity contribution in [3.63, 3.8) is 0 Å². The van der Waals surface area contributed by atoms with Gasteiger partial charge in [-0.3, -0.25) is 14.2 Å². The maximum atomic E-state index is 13.5. The minimum absolute atomic E-state index is 0.301. The van der Waals surface area contributed by atoms with E-state index < -0.39 is 17.2 Å². The first-order valence-electron chi connectivity index (χ1n) is 10.3. The fourth-order valence-electron chi connectivity index (χ4n) is 3.67. The van der Waals surface area contributed by atoms with E-state index in [1.807, 2.05) is 13.8 Å². The lowest BCUT2D eigenvalue weighted by Crippen LogP contribution is -2.40. The van der Waals surface area contributed by atoms with E-state index in [1.165, 1.54) is 36.2 Å². The summed E-state index contributed by atoms with van der Waals surface area (Å²) in [6.45, 7) is 3.40. The molecule has 0 aliphatic heterocycles. The predicted octanol–water partition coefficient (Wildman–Crippen LogP) is 4.14. The number of carbonyl (C=O) groups is 1. The van der Waals surface area contributed by atoms with Crippen molar-refractivity contribution in [1.29, 1.82) is 0 Å². The number of anilines is 1. The zero-order valence-electron chi connectivity index (χ0n) is 19.0. The first-order chi connectivity index (χ1) is 16.2. The predicted molar refractivity (Wildman–Crippen MR) is 134 cm³/mol. The molecule has 0 saturated heterocycles. The maximum Gasteiger partial charge on any atom is 0.337 e. The number of rotatable bonds is 6. The molecule has 0 fully saturated rings. The number of amides is 1. The number of fused-ring (bicyclic) bond motifs is 1. The van der Waals surface area contributed by atoms with E-state index in [1.54, 1.807) is 36.4 Å². The Bertz CT molecular complexity index is 1540. The molecule has 4 aromatic rings. The number of benzene rings is 2. The lowest BCUT2D eigenvalue weighted by Gasteiger charge is -2.14. The van der Waals surface area contributed by atoms with Crippen LogP contribution in [0.2, 0.25) is 5.02 Å². The topological polar surface area (TPSA) is 91.6 Å². The standard InChI is InChI=1S/C24H22ClN3O5S/c1-13-14(2)34-23-21(13)22(30)28(16-7-5-6-15(25)10-16)24(31)27(23)12-20(29)26-18-9-8-17(32-3)11-19(18)33-4/h5-11H,12H2,1-4H3,(H,26,29). The number of nitrogens with zero attached hydrogens (tertiary/aromatic N) is 2. The SMILES string of the molecule is COc1ccc(NC(=O)Cn2c(=O)n(-c3cccc(Cl)c3)c(=O)c3c(C)c(C)sc32)c(OC)c1. The second kappa shape index (κ2) is 9.36. The summed E-state index contributed by atoms with van der Waals surface area (Å²) in [5.41, 5.74) is 0.458. The highest BCUT2D eigenvalue weighted by atomic mass is 35.5. The molecule has 1 N–H and O–H groups in total. The Labute approximate surface area is 203 Å². The molecule has 2 heterocycles. The molecule has 0 spiro atoms. The van der Waals surface area contributed by atoms with Crippen LogP contribution >= 0.6 is 22.9 Å². The van der Waals surface area contributed by atoms with Gasteiger partial charge in [0, 0.05) is 16.0 Å². The Morgan fingerprint density at radius 3 is 2.53 bits per heavy atom. The molecule has 10 heteroatoms. The minimum Gasteiger partial charge on any atom is -0.497 e. The molecule has 8 nitrogen and oxygen atoms in total. The number of thiophene rings is 1. The van der Waals surface area contributed by atoms with Crippen LogP contribution in [0.25, 0.3) is 15.9 Å². The van der Waals surface area contributed by atoms with Crippen molar-refractivity contribution in [2.75, 3.05) is 19.5 Å². The summed E-state index contributed by atoms with van der Waals surface area (Å²) in [7, 11) is 3.01. The van der Waals surface area contributed by atoms with Crippen molar-refractivity contribution in [2.24, 2.45) is 0 Å². The van der Waals surface area contributed by atoms with Crippen LogP contribution in [0, 0.1) is 13.8 Å². The van der Waals surface area contributed by atoms with E-state index in [9.17, 15) is 14.4 Å². The van der Waals surface area contributed by atoms with Crippen LogP contribution in [-0.4, -0.2) is 29.3 Å². The Balaban J connectivity index is 1.83. The summed E-state index contributed by atoms with van der Waals surface area (Å²) >= 11 is 7.41. The average molecular weight is 500 g/mol. The summed E-state index contributed by atoms with van der Waals surface area (Å²) in [5.74, 6) is 0.537. The number of hydrogen-bond donors (Lipinski definition) is 1. The first-order valence-corrected chi connectivity index (χ1v) is 11.5. The fourth-order valence-corrected chi connectivity index (χ4v) is 5.00. The number of nitrogens with one attached hydrogen (secondary N) is 1. The Kier molecular flexibility index (Phi) is 6.49. The van der Waals surface area contributed by atoms with E-state index >= 15 is 0 Å². The van der Waals surface area contributed by atoms with Gasteiger partial charge in [0.15, 0.2) is 0 Å². The number of aryl methyl sites for hydroxylation is 2. The van der Waals surface area contributed by atoms with E-state index in [2.05, 4.69) is 5.32 Å². The monoisotopic (exact) mass is 499 g/mol. The maximum absolute atomic E-state index is 13.5. The molecule has 0 unspecified atom stereocenters. The third-order valence-corrected chi connectivity index (χ3v) is 6.97. The van der Waals surface area contributed by atoms with E-state index in [4.69, 9.17) is 21.1 Å². The van der Waals surface area contributed by atoms with Gasteiger partial charge in [-0.05, 0) is 49.7 Å². The second-order valence-corrected chi connectivity index (χ2v) is 9.21. The van der Waals surface area contributed by atoms with Crippen LogP contribution in [0.3, 0.4) is 0 Å². The highest BCUT2D eigenvalue weighted by molar-refractivity contribution is 7.18. The largest absolute Gasteiger partial charge is 0.497 e. The summed E-state index contributed by atoms with van der Waals surface area (Å²) < 4.78 is 12.9. The van der Waals surface area contributed by atoms with Crippen LogP contribution in [0.15, 0.2) is 52.1 Å². The van der Waals surface area contributed by atoms with Gasteiger partial charge in [-0.1, -0.05) is 17.7 Å². The molecule has 34 heavy (non-hydrogen) atoms. The molecule has 2 aromatic heterocycles. The number of methoxy groups -OCH3 is 2. The summed E-state index contributed by atoms with van der Waals surface area (Å²) in [5, 5.41) is 3.56. The van der Waals surface area contributed by atoms with Gasteiger partial charge in [0.05, 0.1) is 31.0 Å². The number of aromatic nitrogens is 2. The van der Waals surface area contributed by atoms with Gasteiger partial charge < -0.3 is 14.8 Å². The lowest BCUT2D eigenvalue weighted by molar-refractivity contribution is -0.116. The van der Waals surface area contributed by atoms with Crippen molar-refractivity contribution >= 4 is 44.7 Å². The molecule has 176 valence electrons. The van der Waals surface area contributed by atoms with Crippen molar-refractivity contribution in [1.82, 2.24) is 9.13 Å². The summed E-state index contributed by atoms with van der Waals surface area (Å²) in [6.07, 6.45) is 0. The highest BCUT2D eigenvalue weighted by Gasteiger charge is 2.21. The molecule has 0 bridgehead atoms. The molecule has 1 amide bonds. The van der Waals surface area contributed by atoms with Crippen LogP contribution in [0.5, 0.6) is 11.5 Å². The first kappa shape index (κ1) is 23.6. The third kappa shape index (κ3) is 4.20. The molecule has 0 saturated carbocycles. The zero-order valence-corrected chi connectivity index (χ0v) is 20.5. The normalized spacial score (nSPS) is 11.0. The van der Waals surface area contributed by atoms with Gasteiger partial charge in [-0.25, -0.2) is 9.36 Å². The van der Waals surface area contributed by atoms with Crippen molar-refractivity contribution in [3.8, 4) is 17.2 Å². The molecule has 2 aromatic carbocycles. The summed E-state index contributed by atoms with van der Waals surface area (Å²) in [4.78, 5) is 41.2. The molecule has 4 rings (SSSR count). The summed E-state index contributed by atoms with van der Waals surface area (Å²) in [6, 6.07) is 11.5. The lowest BCUT2D eigenvalue weighted by atomic mass is 10.2. The van der Waals surface area contributed by atoms with Crippen LogP contribution in [0.1, 0.15) is 10.4 Å². The third-order valence-electron chi connectivity index (χ3n) is 5.50. The van der Waals surface area contributed by atoms with E-state index in [0.29, 0.717) is 38.1 Å². The van der Waals surface area contributed by atoms with E-state index in [-0.39, 0.29) is 6.54 Å². The van der Waals surface area contributed by atoms with Gasteiger partial charge in [0.2, 0.25) is 5.91 Å². The van der Waals surface area contributed by atoms with Gasteiger partial charge >= 0.3 is 5.69 Å². The minimum atomic E-state index is -0.627. The van der Waals surface area contributed by atoms with Gasteiger partial charge in [-0.15, -0.1) is 11.3 Å². The van der Waals surface area contributed by atoms with Crippen molar-refractivity contribution < 1.29 is 14.3 Å². The zero-order chi connectivity index (χ0) is 24.6. The number of hydrogen-bond acceptors (Lipinski definition) is 6. The Morgan fingerprint density at radius 1 is 1.09 bits per heavy atom. The van der Waals surface area contributed by atoms with Crippen LogP contribution in [-0.2, 0) is 11.3 Å². The van der Waals surface area contributed by atoms with Gasteiger partial charge in [0.25, 0.3) is 5.56 Å². The van der Waals surface area contributed by atoms with Gasteiger partial charge in [0.1, 0.15) is 22.9 Å². The fraction of sp³-hybridized carbons (Fsp3) is 0.208. The molecular formula is C24H22ClN3O5S. The van der Waals surface area contributed by atoms with Crippen molar-refractivity contribution in [2.45, 2.75) is 20.4 Å². The molecule has 0 atom stereocenters. The van der Waals surface area contributed by atoms with Crippen LogP contribution < -0.4 is 26.0 Å². The Hall–Kier alpha value is -3.56. The van der Waals surface area contributed by atoms with Crippen LogP contribution in [0.4, 0.5) is 5.69 Å². The smallest absolute Gasteiger partial charge is 0.337 e. The highest BCUT2D eigenvalue weighted by Crippen LogP contribution is 2.30. The average Bonchev–Trinajstić information content (AvgIpc) is 3.11. The number of halogens is 1. The van der Waals surface area contributed by atoms with E-state index in [0.717, 1.165) is 15.0 Å². The Morgan fingerprint density at radius 2 is 1.85 bits per heavy atom. The molecule has 0 aliphatic carbocycles. The number of ether oxygens (including phenoxy) is 2. The molecule has 0 aliphatic rings. The van der Waals surface area contributed by atoms with Gasteiger partial charge in [-0.2, -0.15) is 0 Å². The molecular weight excluding hydrogens is 478 g/mol. The second-order valence-electron chi connectivity index (χ2n) is 7.57. The van der Waals surface area contributed by atoms with Crippen molar-refractivity contribution in [3.05, 3.63) is 78.8 Å². The quantitative estimate of drug-likeness (QED) is 0.430. The number of carbonyl (C=O) groups excluding carboxylic acids is 1. The molecule has 0 radical (unpaired) electrons.